The highest BCUT2D eigenvalue weighted by Crippen LogP contribution is 2.34. The minimum atomic E-state index is -0.967. The number of hydrogen-bond donors (Lipinski definition) is 1. The van der Waals surface area contributed by atoms with E-state index in [9.17, 15) is 9.90 Å². The van der Waals surface area contributed by atoms with Gasteiger partial charge in [-0.3, -0.25) is 4.68 Å². The van der Waals surface area contributed by atoms with Crippen LogP contribution in [0.15, 0.2) is 24.3 Å². The van der Waals surface area contributed by atoms with Gasteiger partial charge in [-0.2, -0.15) is 5.10 Å². The van der Waals surface area contributed by atoms with Gasteiger partial charge in [0.05, 0.1) is 5.69 Å². The molecule has 1 N–H and O–H groups in total. The second-order valence-corrected chi connectivity index (χ2v) is 5.38. The zero-order valence-corrected chi connectivity index (χ0v) is 12.5. The van der Waals surface area contributed by atoms with Crippen LogP contribution in [0.5, 0.6) is 0 Å². The Labute approximate surface area is 122 Å². The molecule has 3 rings (SSSR count). The molecule has 5 heteroatoms. The molecule has 0 saturated heterocycles. The van der Waals surface area contributed by atoms with E-state index >= 15 is 0 Å². The summed E-state index contributed by atoms with van der Waals surface area (Å²) in [6.45, 7) is 4.08. The van der Waals surface area contributed by atoms with Crippen molar-refractivity contribution in [3.05, 3.63) is 41.2 Å². The van der Waals surface area contributed by atoms with Gasteiger partial charge in [-0.05, 0) is 32.0 Å². The summed E-state index contributed by atoms with van der Waals surface area (Å²) in [5.74, 6) is -0.967. The summed E-state index contributed by atoms with van der Waals surface area (Å²) in [5, 5.41) is 14.7. The topological polar surface area (TPSA) is 60.0 Å². The molecule has 0 amide bonds. The Balaban J connectivity index is 2.34. The summed E-state index contributed by atoms with van der Waals surface area (Å²) in [6, 6.07) is 7.91. The van der Waals surface area contributed by atoms with E-state index in [1.165, 1.54) is 10.2 Å². The first-order valence-corrected chi connectivity index (χ1v) is 6.73. The molecule has 0 aliphatic heterocycles. The lowest BCUT2D eigenvalue weighted by atomic mass is 10.1. The Hall–Kier alpha value is -2.56. The highest BCUT2D eigenvalue weighted by Gasteiger charge is 2.19. The van der Waals surface area contributed by atoms with Gasteiger partial charge >= 0.3 is 5.97 Å². The van der Waals surface area contributed by atoms with E-state index in [2.05, 4.69) is 27.9 Å². The molecule has 2 aromatic heterocycles. The third-order valence-electron chi connectivity index (χ3n) is 4.00. The maximum absolute atomic E-state index is 11.2. The Morgan fingerprint density at radius 3 is 2.52 bits per heavy atom. The van der Waals surface area contributed by atoms with E-state index in [1.54, 1.807) is 13.1 Å². The Morgan fingerprint density at radius 1 is 1.19 bits per heavy atom. The molecule has 0 fully saturated rings. The van der Waals surface area contributed by atoms with Gasteiger partial charge in [0.1, 0.15) is 5.69 Å². The van der Waals surface area contributed by atoms with Crippen molar-refractivity contribution < 1.29 is 9.90 Å². The first kappa shape index (κ1) is 13.4. The molecule has 2 heterocycles. The Bertz CT molecular complexity index is 871. The monoisotopic (exact) mass is 283 g/mol. The molecule has 0 unspecified atom stereocenters. The van der Waals surface area contributed by atoms with Crippen molar-refractivity contribution in [2.45, 2.75) is 13.8 Å². The first-order chi connectivity index (χ1) is 9.90. The van der Waals surface area contributed by atoms with E-state index < -0.39 is 5.97 Å². The van der Waals surface area contributed by atoms with Crippen LogP contribution in [-0.4, -0.2) is 25.4 Å². The number of carbonyl (C=O) groups is 1. The van der Waals surface area contributed by atoms with Crippen molar-refractivity contribution in [3.8, 4) is 11.3 Å². The van der Waals surface area contributed by atoms with Crippen molar-refractivity contribution in [2.24, 2.45) is 14.1 Å². The maximum Gasteiger partial charge on any atom is 0.354 e. The molecule has 0 aliphatic carbocycles. The fourth-order valence-electron chi connectivity index (χ4n) is 2.80. The molecule has 0 saturated carbocycles. The summed E-state index contributed by atoms with van der Waals surface area (Å²) in [5.41, 5.74) is 5.25. The number of carboxylic acid groups (broad SMARTS) is 1. The minimum absolute atomic E-state index is 0.189. The third kappa shape index (κ3) is 1.93. The number of hydrogen-bond acceptors (Lipinski definition) is 2. The molecular formula is C16H17N3O2. The van der Waals surface area contributed by atoms with Crippen LogP contribution in [0.4, 0.5) is 0 Å². The lowest BCUT2D eigenvalue weighted by molar-refractivity contribution is 0.0685. The second kappa shape index (κ2) is 4.48. The van der Waals surface area contributed by atoms with Crippen molar-refractivity contribution in [3.63, 3.8) is 0 Å². The van der Waals surface area contributed by atoms with Crippen LogP contribution in [0, 0.1) is 13.8 Å². The molecule has 0 bridgehead atoms. The standard InChI is InChI=1S/C16H17N3O2/c1-9-5-6-13-11(7-9)15(10(2)18(13)3)12-8-14(16(20)21)19(4)17-12/h5-8H,1-4H3,(H,20,21). The summed E-state index contributed by atoms with van der Waals surface area (Å²) in [4.78, 5) is 11.2. The van der Waals surface area contributed by atoms with Gasteiger partial charge in [0.25, 0.3) is 0 Å². The summed E-state index contributed by atoms with van der Waals surface area (Å²) in [6.07, 6.45) is 0. The molecule has 21 heavy (non-hydrogen) atoms. The van der Waals surface area contributed by atoms with Crippen LogP contribution in [0.25, 0.3) is 22.2 Å². The highest BCUT2D eigenvalue weighted by atomic mass is 16.4. The van der Waals surface area contributed by atoms with Crippen molar-refractivity contribution >= 4 is 16.9 Å². The molecule has 0 atom stereocenters. The third-order valence-corrected chi connectivity index (χ3v) is 4.00. The zero-order chi connectivity index (χ0) is 15.3. The number of aryl methyl sites for hydroxylation is 3. The van der Waals surface area contributed by atoms with Crippen LogP contribution >= 0.6 is 0 Å². The van der Waals surface area contributed by atoms with Gasteiger partial charge in [-0.1, -0.05) is 11.6 Å². The van der Waals surface area contributed by atoms with Crippen LogP contribution in [0.3, 0.4) is 0 Å². The average molecular weight is 283 g/mol. The number of carboxylic acids is 1. The van der Waals surface area contributed by atoms with Gasteiger partial charge in [0.15, 0.2) is 0 Å². The molecule has 3 aromatic rings. The number of benzene rings is 1. The lowest BCUT2D eigenvalue weighted by Crippen LogP contribution is -2.04. The van der Waals surface area contributed by atoms with E-state index in [-0.39, 0.29) is 5.69 Å². The van der Waals surface area contributed by atoms with Crippen LogP contribution in [0.2, 0.25) is 0 Å². The van der Waals surface area contributed by atoms with Crippen LogP contribution in [-0.2, 0) is 14.1 Å². The molecule has 108 valence electrons. The summed E-state index contributed by atoms with van der Waals surface area (Å²) >= 11 is 0. The summed E-state index contributed by atoms with van der Waals surface area (Å²) < 4.78 is 3.52. The first-order valence-electron chi connectivity index (χ1n) is 6.73. The SMILES string of the molecule is Cc1ccc2c(c1)c(-c1cc(C(=O)O)n(C)n1)c(C)n2C. The lowest BCUT2D eigenvalue weighted by Gasteiger charge is -1.98. The quantitative estimate of drug-likeness (QED) is 0.786. The van der Waals surface area contributed by atoms with Gasteiger partial charge in [-0.15, -0.1) is 0 Å². The number of rotatable bonds is 2. The molecule has 1 aromatic carbocycles. The average Bonchev–Trinajstić information content (AvgIpc) is 2.90. The number of fused-ring (bicyclic) bond motifs is 1. The van der Waals surface area contributed by atoms with Gasteiger partial charge < -0.3 is 9.67 Å². The number of nitrogens with zero attached hydrogens (tertiary/aromatic N) is 3. The number of aromatic carboxylic acids is 1. The van der Waals surface area contributed by atoms with Crippen molar-refractivity contribution in [1.82, 2.24) is 14.3 Å². The van der Waals surface area contributed by atoms with Crippen molar-refractivity contribution in [1.29, 1.82) is 0 Å². The number of aromatic nitrogens is 3. The van der Waals surface area contributed by atoms with E-state index in [4.69, 9.17) is 0 Å². The van der Waals surface area contributed by atoms with Gasteiger partial charge in [0, 0.05) is 36.3 Å². The Morgan fingerprint density at radius 2 is 1.90 bits per heavy atom. The zero-order valence-electron chi connectivity index (χ0n) is 12.5. The minimum Gasteiger partial charge on any atom is -0.477 e. The summed E-state index contributed by atoms with van der Waals surface area (Å²) in [7, 11) is 3.66. The second-order valence-electron chi connectivity index (χ2n) is 5.38. The molecular weight excluding hydrogens is 266 g/mol. The van der Waals surface area contributed by atoms with E-state index in [0.717, 1.165) is 22.2 Å². The predicted octanol–water partition coefficient (Wildman–Crippen LogP) is 2.89. The smallest absolute Gasteiger partial charge is 0.354 e. The largest absolute Gasteiger partial charge is 0.477 e. The predicted molar refractivity (Wildman–Crippen MR) is 81.6 cm³/mol. The van der Waals surface area contributed by atoms with Crippen LogP contribution in [0.1, 0.15) is 21.7 Å². The van der Waals surface area contributed by atoms with E-state index in [0.29, 0.717) is 5.69 Å². The molecule has 0 spiro atoms. The van der Waals surface area contributed by atoms with Gasteiger partial charge in [0.2, 0.25) is 0 Å². The fraction of sp³-hybridized carbons (Fsp3) is 0.250. The fourth-order valence-corrected chi connectivity index (χ4v) is 2.80. The normalized spacial score (nSPS) is 11.2. The van der Waals surface area contributed by atoms with Crippen LogP contribution < -0.4 is 0 Å². The van der Waals surface area contributed by atoms with Crippen molar-refractivity contribution in [2.75, 3.05) is 0 Å². The highest BCUT2D eigenvalue weighted by molar-refractivity contribution is 5.98. The maximum atomic E-state index is 11.2. The molecule has 0 aliphatic rings. The van der Waals surface area contributed by atoms with E-state index in [1.807, 2.05) is 20.9 Å². The molecule has 5 nitrogen and oxygen atoms in total. The molecule has 0 radical (unpaired) electrons. The Kier molecular flexibility index (Phi) is 2.86. The van der Waals surface area contributed by atoms with Gasteiger partial charge in [-0.25, -0.2) is 4.79 Å².